The van der Waals surface area contributed by atoms with Crippen molar-refractivity contribution in [2.45, 2.75) is 31.1 Å². The van der Waals surface area contributed by atoms with E-state index in [0.29, 0.717) is 12.5 Å². The van der Waals surface area contributed by atoms with E-state index in [9.17, 15) is 18.5 Å². The lowest BCUT2D eigenvalue weighted by Crippen LogP contribution is -2.29. The summed E-state index contributed by atoms with van der Waals surface area (Å²) in [6.45, 7) is 2.44. The first kappa shape index (κ1) is 15.7. The highest BCUT2D eigenvalue weighted by Crippen LogP contribution is 2.31. The zero-order valence-corrected chi connectivity index (χ0v) is 12.6. The second-order valence-electron chi connectivity index (χ2n) is 5.62. The molecule has 0 spiro atoms. The lowest BCUT2D eigenvalue weighted by atomic mass is 10.1. The van der Waals surface area contributed by atoms with Crippen LogP contribution >= 0.6 is 0 Å². The fourth-order valence-corrected chi connectivity index (χ4v) is 4.03. The summed E-state index contributed by atoms with van der Waals surface area (Å²) in [4.78, 5) is 9.86. The van der Waals surface area contributed by atoms with Crippen LogP contribution in [0.4, 0.5) is 11.4 Å². The monoisotopic (exact) mass is 313 g/mol. The molecular weight excluding hydrogens is 294 g/mol. The van der Waals surface area contributed by atoms with Crippen LogP contribution in [0.2, 0.25) is 0 Å². The SMILES string of the molecule is CC1CCC(CNS(=O)(=O)c2cc(N)ccc2[N+](=O)[O-])C1. The molecule has 2 rings (SSSR count). The summed E-state index contributed by atoms with van der Waals surface area (Å²) in [5.74, 6) is 0.885. The van der Waals surface area contributed by atoms with E-state index in [1.54, 1.807) is 0 Å². The Kier molecular flexibility index (Phi) is 4.48. The first-order chi connectivity index (χ1) is 9.79. The number of nitro benzene ring substituents is 1. The predicted molar refractivity (Wildman–Crippen MR) is 79.2 cm³/mol. The van der Waals surface area contributed by atoms with E-state index in [-0.39, 0.29) is 16.5 Å². The molecule has 1 aliphatic rings. The summed E-state index contributed by atoms with van der Waals surface area (Å²) in [6, 6.07) is 3.55. The van der Waals surface area contributed by atoms with E-state index in [2.05, 4.69) is 11.6 Å². The largest absolute Gasteiger partial charge is 0.399 e. The highest BCUT2D eigenvalue weighted by Gasteiger charge is 2.28. The maximum Gasteiger partial charge on any atom is 0.289 e. The molecule has 21 heavy (non-hydrogen) atoms. The Labute approximate surface area is 123 Å². The van der Waals surface area contributed by atoms with Crippen LogP contribution in [0.25, 0.3) is 0 Å². The van der Waals surface area contributed by atoms with Crippen molar-refractivity contribution in [3.8, 4) is 0 Å². The third-order valence-electron chi connectivity index (χ3n) is 3.84. The van der Waals surface area contributed by atoms with Crippen LogP contribution in [0.1, 0.15) is 26.2 Å². The lowest BCUT2D eigenvalue weighted by Gasteiger charge is -2.12. The zero-order chi connectivity index (χ0) is 15.6. The van der Waals surface area contributed by atoms with Gasteiger partial charge in [0.15, 0.2) is 4.90 Å². The number of hydrogen-bond acceptors (Lipinski definition) is 5. The van der Waals surface area contributed by atoms with Crippen molar-refractivity contribution in [2.24, 2.45) is 11.8 Å². The van der Waals surface area contributed by atoms with Gasteiger partial charge in [-0.25, -0.2) is 13.1 Å². The van der Waals surface area contributed by atoms with Gasteiger partial charge in [0.05, 0.1) is 4.92 Å². The molecule has 2 unspecified atom stereocenters. The third kappa shape index (κ3) is 3.70. The molecule has 3 N–H and O–H groups in total. The predicted octanol–water partition coefficient (Wildman–Crippen LogP) is 1.89. The van der Waals surface area contributed by atoms with Crippen molar-refractivity contribution in [3.05, 3.63) is 28.3 Å². The van der Waals surface area contributed by atoms with Gasteiger partial charge in [-0.2, -0.15) is 0 Å². The quantitative estimate of drug-likeness (QED) is 0.489. The number of hydrogen-bond donors (Lipinski definition) is 2. The van der Waals surface area contributed by atoms with Gasteiger partial charge in [0.2, 0.25) is 10.0 Å². The van der Waals surface area contributed by atoms with Crippen molar-refractivity contribution >= 4 is 21.4 Å². The van der Waals surface area contributed by atoms with Crippen LogP contribution < -0.4 is 10.5 Å². The van der Waals surface area contributed by atoms with Gasteiger partial charge in [-0.1, -0.05) is 13.3 Å². The molecule has 2 atom stereocenters. The summed E-state index contributed by atoms with van der Waals surface area (Å²) >= 11 is 0. The molecule has 7 nitrogen and oxygen atoms in total. The molecule has 0 heterocycles. The van der Waals surface area contributed by atoms with Crippen LogP contribution in [0, 0.1) is 22.0 Å². The molecule has 0 bridgehead atoms. The van der Waals surface area contributed by atoms with Crippen LogP contribution in [0.15, 0.2) is 23.1 Å². The molecule has 0 aromatic heterocycles. The Bertz CT molecular complexity index is 645. The number of sulfonamides is 1. The average Bonchev–Trinajstić information content (AvgIpc) is 2.82. The fourth-order valence-electron chi connectivity index (χ4n) is 2.71. The first-order valence-electron chi connectivity index (χ1n) is 6.83. The average molecular weight is 313 g/mol. The number of nitrogen functional groups attached to an aromatic ring is 1. The Morgan fingerprint density at radius 2 is 2.14 bits per heavy atom. The minimum atomic E-state index is -3.94. The number of benzene rings is 1. The van der Waals surface area contributed by atoms with E-state index in [1.165, 1.54) is 6.07 Å². The van der Waals surface area contributed by atoms with Gasteiger partial charge in [0.1, 0.15) is 0 Å². The van der Waals surface area contributed by atoms with Crippen molar-refractivity contribution in [1.29, 1.82) is 0 Å². The van der Waals surface area contributed by atoms with E-state index in [1.807, 2.05) is 0 Å². The molecule has 0 amide bonds. The number of nitrogens with one attached hydrogen (secondary N) is 1. The molecule has 1 fully saturated rings. The number of nitrogens with two attached hydrogens (primary N) is 1. The van der Waals surface area contributed by atoms with Gasteiger partial charge in [0, 0.05) is 18.3 Å². The summed E-state index contributed by atoms with van der Waals surface area (Å²) < 4.78 is 27.0. The zero-order valence-electron chi connectivity index (χ0n) is 11.8. The highest BCUT2D eigenvalue weighted by molar-refractivity contribution is 7.89. The molecule has 8 heteroatoms. The van der Waals surface area contributed by atoms with Crippen LogP contribution in [0.5, 0.6) is 0 Å². The van der Waals surface area contributed by atoms with E-state index in [4.69, 9.17) is 5.73 Å². The molecule has 0 radical (unpaired) electrons. The minimum absolute atomic E-state index is 0.176. The van der Waals surface area contributed by atoms with Crippen LogP contribution in [-0.2, 0) is 10.0 Å². The Hall–Kier alpha value is -1.67. The van der Waals surface area contributed by atoms with Gasteiger partial charge >= 0.3 is 0 Å². The van der Waals surface area contributed by atoms with Gasteiger partial charge in [-0.15, -0.1) is 0 Å². The fraction of sp³-hybridized carbons (Fsp3) is 0.538. The second-order valence-corrected chi connectivity index (χ2v) is 7.36. The minimum Gasteiger partial charge on any atom is -0.399 e. The molecule has 1 saturated carbocycles. The molecule has 0 aliphatic heterocycles. The molecule has 116 valence electrons. The third-order valence-corrected chi connectivity index (χ3v) is 5.29. The Morgan fingerprint density at radius 1 is 1.43 bits per heavy atom. The lowest BCUT2D eigenvalue weighted by molar-refractivity contribution is -0.387. The maximum atomic E-state index is 12.3. The van der Waals surface area contributed by atoms with Gasteiger partial charge < -0.3 is 5.73 Å². The molecule has 1 aliphatic carbocycles. The molecule has 0 saturated heterocycles. The molecular formula is C13H19N3O4S. The summed E-state index contributed by atoms with van der Waals surface area (Å²) in [7, 11) is -3.94. The topological polar surface area (TPSA) is 115 Å². The first-order valence-corrected chi connectivity index (χ1v) is 8.31. The van der Waals surface area contributed by atoms with Crippen LogP contribution in [-0.4, -0.2) is 19.9 Å². The maximum absolute atomic E-state index is 12.3. The molecule has 1 aromatic rings. The summed E-state index contributed by atoms with van der Waals surface area (Å²) in [6.07, 6.45) is 3.04. The smallest absolute Gasteiger partial charge is 0.289 e. The second kappa shape index (κ2) is 5.98. The standard InChI is InChI=1S/C13H19N3O4S/c1-9-2-3-10(6-9)8-15-21(19,20)13-7-11(14)4-5-12(13)16(17)18/h4-5,7,9-10,15H,2-3,6,8,14H2,1H3. The van der Waals surface area contributed by atoms with E-state index in [0.717, 1.165) is 31.4 Å². The number of nitro groups is 1. The highest BCUT2D eigenvalue weighted by atomic mass is 32.2. The van der Waals surface area contributed by atoms with Crippen molar-refractivity contribution < 1.29 is 13.3 Å². The Balaban J connectivity index is 2.19. The normalized spacial score (nSPS) is 22.3. The van der Waals surface area contributed by atoms with Gasteiger partial charge in [0.25, 0.3) is 5.69 Å². The molecule has 1 aromatic carbocycles. The van der Waals surface area contributed by atoms with E-state index < -0.39 is 20.6 Å². The Morgan fingerprint density at radius 3 is 2.71 bits per heavy atom. The van der Waals surface area contributed by atoms with Crippen molar-refractivity contribution in [3.63, 3.8) is 0 Å². The summed E-state index contributed by atoms with van der Waals surface area (Å²) in [5, 5.41) is 11.0. The number of nitrogens with zero attached hydrogens (tertiary/aromatic N) is 1. The van der Waals surface area contributed by atoms with Crippen molar-refractivity contribution in [1.82, 2.24) is 4.72 Å². The van der Waals surface area contributed by atoms with Crippen molar-refractivity contribution in [2.75, 3.05) is 12.3 Å². The van der Waals surface area contributed by atoms with Crippen LogP contribution in [0.3, 0.4) is 0 Å². The van der Waals surface area contributed by atoms with Gasteiger partial charge in [-0.3, -0.25) is 10.1 Å². The van der Waals surface area contributed by atoms with Gasteiger partial charge in [-0.05, 0) is 36.8 Å². The number of rotatable bonds is 5. The summed E-state index contributed by atoms with van der Waals surface area (Å²) in [5.41, 5.74) is 5.26. The van der Waals surface area contributed by atoms with E-state index >= 15 is 0 Å². The number of anilines is 1.